The van der Waals surface area contributed by atoms with Crippen molar-refractivity contribution in [3.63, 3.8) is 0 Å². The van der Waals surface area contributed by atoms with Crippen molar-refractivity contribution >= 4 is 42.9 Å². The van der Waals surface area contributed by atoms with Gasteiger partial charge in [-0.15, -0.1) is 11.3 Å². The van der Waals surface area contributed by atoms with Gasteiger partial charge in [-0.25, -0.2) is 23.8 Å². The molecule has 1 aromatic heterocycles. The molecule has 0 unspecified atom stereocenters. The first-order valence-electron chi connectivity index (χ1n) is 18.0. The number of hydrogen-bond acceptors (Lipinski definition) is 10. The average Bonchev–Trinajstić information content (AvgIpc) is 3.44. The highest BCUT2D eigenvalue weighted by Crippen LogP contribution is 2.36. The van der Waals surface area contributed by atoms with Gasteiger partial charge in [0.1, 0.15) is 11.2 Å². The fraction of sp³-hybridized carbons (Fsp3) is 0.641. The quantitative estimate of drug-likeness (QED) is 0.0574. The van der Waals surface area contributed by atoms with Gasteiger partial charge in [0.15, 0.2) is 30.7 Å². The van der Waals surface area contributed by atoms with Gasteiger partial charge < -0.3 is 28.3 Å². The van der Waals surface area contributed by atoms with Crippen molar-refractivity contribution in [1.82, 2.24) is 9.88 Å². The van der Waals surface area contributed by atoms with Gasteiger partial charge in [0.05, 0.1) is 20.3 Å². The number of carbonyl (C=O) groups is 3. The highest BCUT2D eigenvalue weighted by Gasteiger charge is 2.37. The predicted molar refractivity (Wildman–Crippen MR) is 210 cm³/mol. The molecule has 0 atom stereocenters. The molecule has 53 heavy (non-hydrogen) atoms. The molecule has 1 aromatic carbocycles. The molecule has 2 aromatic rings. The lowest BCUT2D eigenvalue weighted by Crippen LogP contribution is -2.41. The van der Waals surface area contributed by atoms with Crippen molar-refractivity contribution in [3.05, 3.63) is 40.2 Å². The van der Waals surface area contributed by atoms with E-state index in [1.165, 1.54) is 40.4 Å². The number of hydrogen-bond donors (Lipinski definition) is 0. The molecule has 0 aliphatic rings. The second-order valence-electron chi connectivity index (χ2n) is 16.3. The maximum Gasteiger partial charge on any atom is 0.416 e. The highest BCUT2D eigenvalue weighted by molar-refractivity contribution is 7.16. The van der Waals surface area contributed by atoms with Crippen LogP contribution in [0.5, 0.6) is 5.75 Å². The summed E-state index contributed by atoms with van der Waals surface area (Å²) >= 11 is 1.22. The topological polar surface area (TPSA) is 117 Å². The molecular weight excluding hydrogens is 718 g/mol. The zero-order chi connectivity index (χ0) is 40.2. The first-order chi connectivity index (χ1) is 24.4. The molecule has 0 saturated heterocycles. The van der Waals surface area contributed by atoms with Gasteiger partial charge in [-0.05, 0) is 110 Å². The number of rotatable bonds is 15. The van der Waals surface area contributed by atoms with Crippen LogP contribution in [-0.2, 0) is 25.1 Å². The van der Waals surface area contributed by atoms with E-state index in [-0.39, 0.29) is 29.6 Å². The summed E-state index contributed by atoms with van der Waals surface area (Å²) in [5, 5.41) is 0.475. The van der Waals surface area contributed by atoms with Gasteiger partial charge in [0.2, 0.25) is 0 Å². The maximum absolute atomic E-state index is 14.9. The third-order valence-electron chi connectivity index (χ3n) is 8.20. The molecule has 296 valence electrons. The fourth-order valence-corrected chi connectivity index (χ4v) is 6.52. The summed E-state index contributed by atoms with van der Waals surface area (Å²) in [5.41, 5.74) is -0.792. The number of anilines is 1. The molecule has 0 aliphatic heterocycles. The first kappa shape index (κ1) is 45.5. The van der Waals surface area contributed by atoms with Crippen LogP contribution in [0.2, 0.25) is 18.1 Å². The number of halogens is 1. The summed E-state index contributed by atoms with van der Waals surface area (Å²) in [6.07, 6.45) is 2.15. The van der Waals surface area contributed by atoms with Crippen LogP contribution >= 0.6 is 11.3 Å². The molecule has 1 heterocycles. The van der Waals surface area contributed by atoms with E-state index in [1.54, 1.807) is 54.7 Å². The molecule has 14 heteroatoms. The summed E-state index contributed by atoms with van der Waals surface area (Å²) in [4.78, 5) is 46.2. The molecule has 0 radical (unpaired) electrons. The number of methoxy groups -OCH3 is 1. The number of esters is 1. The largest absolute Gasteiger partial charge is 0.491 e. The Hall–Kier alpha value is -3.67. The summed E-state index contributed by atoms with van der Waals surface area (Å²) in [7, 11) is 1.02. The van der Waals surface area contributed by atoms with Crippen LogP contribution in [0.15, 0.2) is 18.2 Å². The molecule has 0 bridgehead atoms. The minimum atomic E-state index is -1.84. The standard InChI is InChI=1S/C39H60FN3O8SSi/c1-37(2,3)50-35(45)42(10)23-17-19-28-21-22-30(29(40)27-28)48-25-18-20-31-32(33(44)47-11)41-34(52-31)43(36(46)51-38(4,5)6)24-15-14-16-26-49-53(12,13)39(7,8)9/h21-22,27H,14-16,18,20,23-26H2,1-13H3. The van der Waals surface area contributed by atoms with Crippen LogP contribution < -0.4 is 9.64 Å². The van der Waals surface area contributed by atoms with Crippen LogP contribution in [-0.4, -0.2) is 88.0 Å². The Morgan fingerprint density at radius 2 is 1.55 bits per heavy atom. The Bertz CT molecular complexity index is 1600. The summed E-state index contributed by atoms with van der Waals surface area (Å²) in [6, 6.07) is 4.41. The number of carbonyl (C=O) groups excluding carboxylic acids is 3. The zero-order valence-electron chi connectivity index (χ0n) is 34.0. The Labute approximate surface area is 321 Å². The van der Waals surface area contributed by atoms with Gasteiger partial charge >= 0.3 is 18.2 Å². The molecule has 0 spiro atoms. The second kappa shape index (κ2) is 19.6. The van der Waals surface area contributed by atoms with Gasteiger partial charge in [-0.1, -0.05) is 32.6 Å². The van der Waals surface area contributed by atoms with E-state index in [4.69, 9.17) is 23.4 Å². The number of thiazole rings is 1. The number of aryl methyl sites for hydroxylation is 1. The lowest BCUT2D eigenvalue weighted by atomic mass is 10.2. The number of unbranched alkanes of at least 4 members (excludes halogenated alkanes) is 2. The summed E-state index contributed by atoms with van der Waals surface area (Å²) in [5.74, 6) is 4.57. The van der Waals surface area contributed by atoms with Crippen LogP contribution in [0, 0.1) is 17.7 Å². The Kier molecular flexibility index (Phi) is 16.8. The SMILES string of the molecule is COC(=O)c1nc(N(CCCCCO[Si](C)(C)C(C)(C)C)C(=O)OC(C)(C)C)sc1CCCOc1ccc(C#CCN(C)C(=O)OC(C)(C)C)cc1F. The first-order valence-corrected chi connectivity index (χ1v) is 21.7. The van der Waals surface area contributed by atoms with Crippen LogP contribution in [0.3, 0.4) is 0 Å². The molecule has 2 rings (SSSR count). The second-order valence-corrected chi connectivity index (χ2v) is 22.2. The van der Waals surface area contributed by atoms with Crippen molar-refractivity contribution in [1.29, 1.82) is 0 Å². The van der Waals surface area contributed by atoms with Crippen molar-refractivity contribution < 1.29 is 42.1 Å². The summed E-state index contributed by atoms with van der Waals surface area (Å²) < 4.78 is 42.9. The van der Waals surface area contributed by atoms with Crippen LogP contribution in [0.4, 0.5) is 19.1 Å². The zero-order valence-corrected chi connectivity index (χ0v) is 35.8. The van der Waals surface area contributed by atoms with E-state index < -0.39 is 43.5 Å². The lowest BCUT2D eigenvalue weighted by Gasteiger charge is -2.36. The highest BCUT2D eigenvalue weighted by atomic mass is 32.1. The van der Waals surface area contributed by atoms with E-state index in [9.17, 15) is 18.8 Å². The predicted octanol–water partition coefficient (Wildman–Crippen LogP) is 9.23. The Balaban J connectivity index is 2.07. The average molecular weight is 778 g/mol. The van der Waals surface area contributed by atoms with Gasteiger partial charge in [-0.2, -0.15) is 0 Å². The number of amides is 2. The van der Waals surface area contributed by atoms with Gasteiger partial charge in [-0.3, -0.25) is 4.90 Å². The van der Waals surface area contributed by atoms with E-state index in [0.717, 1.165) is 12.8 Å². The normalized spacial score (nSPS) is 12.0. The maximum atomic E-state index is 14.9. The number of ether oxygens (including phenoxy) is 4. The third kappa shape index (κ3) is 15.7. The smallest absolute Gasteiger partial charge is 0.416 e. The fourth-order valence-electron chi connectivity index (χ4n) is 4.33. The molecule has 0 fully saturated rings. The number of nitrogens with zero attached hydrogens (tertiary/aromatic N) is 3. The van der Waals surface area contributed by atoms with Crippen LogP contribution in [0.25, 0.3) is 0 Å². The van der Waals surface area contributed by atoms with E-state index in [1.807, 2.05) is 0 Å². The minimum Gasteiger partial charge on any atom is -0.491 e. The number of benzene rings is 1. The van der Waals surface area contributed by atoms with Gasteiger partial charge in [0.25, 0.3) is 0 Å². The molecule has 0 N–H and O–H groups in total. The summed E-state index contributed by atoms with van der Waals surface area (Å²) in [6.45, 7) is 23.1. The Morgan fingerprint density at radius 3 is 2.13 bits per heavy atom. The van der Waals surface area contributed by atoms with Crippen LogP contribution in [0.1, 0.15) is 109 Å². The molecule has 0 saturated carbocycles. The number of aromatic nitrogens is 1. The molecular formula is C39H60FN3O8SSi. The van der Waals surface area contributed by atoms with E-state index in [0.29, 0.717) is 48.0 Å². The van der Waals surface area contributed by atoms with Crippen molar-refractivity contribution in [2.75, 3.05) is 45.4 Å². The van der Waals surface area contributed by atoms with Crippen molar-refractivity contribution in [2.24, 2.45) is 0 Å². The van der Waals surface area contributed by atoms with Crippen molar-refractivity contribution in [2.45, 2.75) is 124 Å². The molecule has 11 nitrogen and oxygen atoms in total. The van der Waals surface area contributed by atoms with Gasteiger partial charge in [0, 0.05) is 30.6 Å². The molecule has 0 aliphatic carbocycles. The minimum absolute atomic E-state index is 0.0606. The van der Waals surface area contributed by atoms with E-state index in [2.05, 4.69) is 50.7 Å². The monoisotopic (exact) mass is 777 g/mol. The third-order valence-corrected chi connectivity index (χ3v) is 13.9. The Morgan fingerprint density at radius 1 is 0.906 bits per heavy atom. The van der Waals surface area contributed by atoms with E-state index >= 15 is 0 Å². The molecule has 2 amide bonds. The lowest BCUT2D eigenvalue weighted by molar-refractivity contribution is 0.0320. The van der Waals surface area contributed by atoms with Crippen molar-refractivity contribution in [3.8, 4) is 17.6 Å².